The molecule has 0 unspecified atom stereocenters. The van der Waals surface area contributed by atoms with Crippen LogP contribution in [0.4, 0.5) is 0 Å². The number of rotatable bonds is 2. The second-order valence-electron chi connectivity index (χ2n) is 4.25. The topological polar surface area (TPSA) is 0 Å². The number of hydrogen-bond donors (Lipinski definition) is 0. The van der Waals surface area contributed by atoms with Crippen LogP contribution in [0.5, 0.6) is 0 Å². The highest BCUT2D eigenvalue weighted by Gasteiger charge is 2.56. The molecule has 0 aromatic carbocycles. The van der Waals surface area contributed by atoms with E-state index in [1.807, 2.05) is 6.08 Å². The summed E-state index contributed by atoms with van der Waals surface area (Å²) in [5.74, 6) is 0. The summed E-state index contributed by atoms with van der Waals surface area (Å²) in [5, 5.41) is 0. The molecule has 1 aliphatic carbocycles. The Morgan fingerprint density at radius 1 is 1.60 bits per heavy atom. The van der Waals surface area contributed by atoms with Crippen LogP contribution in [-0.4, -0.2) is 12.9 Å². The van der Waals surface area contributed by atoms with E-state index < -0.39 is 8.07 Å². The van der Waals surface area contributed by atoms with Crippen molar-refractivity contribution in [1.82, 2.24) is 0 Å². The first kappa shape index (κ1) is 8.34. The molecule has 1 fully saturated rings. The average Bonchev–Trinajstić information content (AvgIpc) is 2.43. The van der Waals surface area contributed by atoms with Crippen molar-refractivity contribution in [2.75, 3.05) is 0 Å². The van der Waals surface area contributed by atoms with Crippen molar-refractivity contribution in [3.05, 3.63) is 12.7 Å². The van der Waals surface area contributed by atoms with Gasteiger partial charge in [-0.15, -0.1) is 18.2 Å². The molecule has 0 radical (unpaired) electrons. The summed E-state index contributed by atoms with van der Waals surface area (Å²) in [7, 11) is -0.983. The third-order valence-corrected chi connectivity index (χ3v) is 5.89. The van der Waals surface area contributed by atoms with Gasteiger partial charge >= 0.3 is 0 Å². The average molecular weight is 175 g/mol. The van der Waals surface area contributed by atoms with Crippen LogP contribution in [-0.2, 0) is 0 Å². The van der Waals surface area contributed by atoms with Crippen LogP contribution >= 0.6 is 11.6 Å². The zero-order valence-corrected chi connectivity index (χ0v) is 8.70. The summed E-state index contributed by atoms with van der Waals surface area (Å²) in [4.78, 5) is -0.00945. The Morgan fingerprint density at radius 2 is 2.10 bits per heavy atom. The molecule has 0 spiro atoms. The molecular weight excluding hydrogens is 160 g/mol. The predicted molar refractivity (Wildman–Crippen MR) is 50.5 cm³/mol. The van der Waals surface area contributed by atoms with E-state index in [4.69, 9.17) is 11.6 Å². The van der Waals surface area contributed by atoms with Crippen molar-refractivity contribution in [1.29, 1.82) is 0 Å². The molecule has 1 aliphatic rings. The van der Waals surface area contributed by atoms with E-state index in [1.54, 1.807) is 0 Å². The molecule has 0 heterocycles. The molecule has 0 aliphatic heterocycles. The van der Waals surface area contributed by atoms with Crippen LogP contribution < -0.4 is 0 Å². The molecule has 0 N–H and O–H groups in total. The van der Waals surface area contributed by atoms with E-state index in [0.29, 0.717) is 0 Å². The van der Waals surface area contributed by atoms with E-state index in [9.17, 15) is 0 Å². The molecule has 0 aromatic rings. The summed E-state index contributed by atoms with van der Waals surface area (Å²) >= 11 is 6.20. The monoisotopic (exact) mass is 174 g/mol. The summed E-state index contributed by atoms with van der Waals surface area (Å²) in [6.45, 7) is 10.8. The zero-order valence-electron chi connectivity index (χ0n) is 6.95. The quantitative estimate of drug-likeness (QED) is 0.343. The summed E-state index contributed by atoms with van der Waals surface area (Å²) < 4.78 is 0. The van der Waals surface area contributed by atoms with Crippen molar-refractivity contribution in [3.8, 4) is 0 Å². The van der Waals surface area contributed by atoms with Crippen molar-refractivity contribution in [2.45, 2.75) is 36.5 Å². The minimum absolute atomic E-state index is 0.00945. The van der Waals surface area contributed by atoms with E-state index in [1.165, 1.54) is 0 Å². The van der Waals surface area contributed by atoms with E-state index in [-0.39, 0.29) is 4.87 Å². The van der Waals surface area contributed by atoms with Crippen LogP contribution in [0.1, 0.15) is 6.42 Å². The Morgan fingerprint density at radius 3 is 2.20 bits per heavy atom. The lowest BCUT2D eigenvalue weighted by Crippen LogP contribution is -2.23. The van der Waals surface area contributed by atoms with Gasteiger partial charge in [-0.3, -0.25) is 0 Å². The maximum atomic E-state index is 6.20. The van der Waals surface area contributed by atoms with Gasteiger partial charge in [0.2, 0.25) is 0 Å². The number of allylic oxidation sites excluding steroid dienone is 1. The van der Waals surface area contributed by atoms with Gasteiger partial charge in [0, 0.05) is 8.07 Å². The molecule has 0 aromatic heterocycles. The minimum Gasteiger partial charge on any atom is -0.115 e. The maximum Gasteiger partial charge on any atom is 0.0629 e. The van der Waals surface area contributed by atoms with Gasteiger partial charge in [0.05, 0.1) is 4.87 Å². The van der Waals surface area contributed by atoms with Crippen molar-refractivity contribution < 1.29 is 0 Å². The van der Waals surface area contributed by atoms with Crippen LogP contribution in [0.15, 0.2) is 12.7 Å². The highest BCUT2D eigenvalue weighted by atomic mass is 35.5. The lowest BCUT2D eigenvalue weighted by Gasteiger charge is -2.16. The molecule has 0 saturated heterocycles. The highest BCUT2D eigenvalue weighted by Crippen LogP contribution is 2.60. The van der Waals surface area contributed by atoms with Crippen molar-refractivity contribution >= 4 is 19.7 Å². The number of alkyl halides is 1. The fraction of sp³-hybridized carbons (Fsp3) is 0.750. The summed E-state index contributed by atoms with van der Waals surface area (Å²) in [5.41, 5.74) is 0.763. The predicted octanol–water partition coefficient (Wildman–Crippen LogP) is 3.26. The van der Waals surface area contributed by atoms with Crippen molar-refractivity contribution in [3.63, 3.8) is 0 Å². The molecule has 1 rings (SSSR count). The van der Waals surface area contributed by atoms with Crippen LogP contribution in [0, 0.1) is 0 Å². The van der Waals surface area contributed by atoms with Gasteiger partial charge in [-0.1, -0.05) is 25.7 Å². The van der Waals surface area contributed by atoms with Crippen molar-refractivity contribution in [2.24, 2.45) is 0 Å². The highest BCUT2D eigenvalue weighted by molar-refractivity contribution is 6.80. The van der Waals surface area contributed by atoms with E-state index in [2.05, 4.69) is 26.2 Å². The van der Waals surface area contributed by atoms with Crippen LogP contribution in [0.3, 0.4) is 0 Å². The Bertz CT molecular complexity index is 159. The number of halogens is 1. The Hall–Kier alpha value is 0.247. The first-order chi connectivity index (χ1) is 4.40. The second-order valence-corrected chi connectivity index (χ2v) is 10.4. The van der Waals surface area contributed by atoms with Crippen LogP contribution in [0.25, 0.3) is 0 Å². The molecule has 0 bridgehead atoms. The molecule has 1 saturated carbocycles. The third kappa shape index (κ3) is 1.30. The second kappa shape index (κ2) is 2.11. The van der Waals surface area contributed by atoms with Gasteiger partial charge in [0.15, 0.2) is 0 Å². The smallest absolute Gasteiger partial charge is 0.0629 e. The SMILES string of the molecule is C=C[C@@]1(Cl)C[C@@H]1[Si](C)(C)C. The lowest BCUT2D eigenvalue weighted by molar-refractivity contribution is 1.15. The molecule has 58 valence electrons. The molecule has 2 atom stereocenters. The normalized spacial score (nSPS) is 39.4. The van der Waals surface area contributed by atoms with Gasteiger partial charge in [-0.05, 0) is 12.0 Å². The zero-order chi connectivity index (χ0) is 7.99. The largest absolute Gasteiger partial charge is 0.115 e. The Labute approximate surface area is 69.3 Å². The molecule has 0 nitrogen and oxygen atoms in total. The summed E-state index contributed by atoms with van der Waals surface area (Å²) in [6.07, 6.45) is 3.07. The van der Waals surface area contributed by atoms with Crippen LogP contribution in [0.2, 0.25) is 25.2 Å². The van der Waals surface area contributed by atoms with E-state index in [0.717, 1.165) is 12.0 Å². The van der Waals surface area contributed by atoms with Gasteiger partial charge < -0.3 is 0 Å². The molecule has 0 amide bonds. The molecule has 2 heteroatoms. The fourth-order valence-corrected chi connectivity index (χ4v) is 5.28. The van der Waals surface area contributed by atoms with Gasteiger partial charge in [0.1, 0.15) is 0 Å². The minimum atomic E-state index is -0.983. The Kier molecular flexibility index (Phi) is 1.76. The maximum absolute atomic E-state index is 6.20. The van der Waals surface area contributed by atoms with Gasteiger partial charge in [-0.25, -0.2) is 0 Å². The first-order valence-electron chi connectivity index (χ1n) is 3.73. The van der Waals surface area contributed by atoms with Gasteiger partial charge in [0.25, 0.3) is 0 Å². The molecule has 10 heavy (non-hydrogen) atoms. The lowest BCUT2D eigenvalue weighted by atomic mass is 10.4. The standard InChI is InChI=1S/C8H15ClSi/c1-5-8(9)6-7(8)10(2,3)4/h5,7H,1,6H2,2-4H3/t7-,8+/m0/s1. The fourth-order valence-electron chi connectivity index (χ4n) is 1.51. The molecular formula is C8H15ClSi. The first-order valence-corrected chi connectivity index (χ1v) is 7.68. The van der Waals surface area contributed by atoms with E-state index >= 15 is 0 Å². The van der Waals surface area contributed by atoms with Gasteiger partial charge in [-0.2, -0.15) is 0 Å². The third-order valence-electron chi connectivity index (χ3n) is 2.32. The summed E-state index contributed by atoms with van der Waals surface area (Å²) in [6, 6.07) is 0. The Balaban J connectivity index is 2.61. The number of hydrogen-bond acceptors (Lipinski definition) is 0.